The minimum absolute atomic E-state index is 0.106. The molecule has 0 spiro atoms. The first kappa shape index (κ1) is 107. The number of aliphatic hydroxyl groups excluding tert-OH is 1. The molecular formula is C90H176O17P2. The van der Waals surface area contributed by atoms with Gasteiger partial charge < -0.3 is 33.8 Å². The Morgan fingerprint density at radius 3 is 0.651 bits per heavy atom. The van der Waals surface area contributed by atoms with Gasteiger partial charge >= 0.3 is 39.5 Å². The summed E-state index contributed by atoms with van der Waals surface area (Å²) in [6.45, 7) is 14.4. The van der Waals surface area contributed by atoms with E-state index in [0.29, 0.717) is 25.7 Å². The molecule has 0 rings (SSSR count). The van der Waals surface area contributed by atoms with Crippen molar-refractivity contribution in [1.29, 1.82) is 0 Å². The van der Waals surface area contributed by atoms with Crippen LogP contribution < -0.4 is 0 Å². The summed E-state index contributed by atoms with van der Waals surface area (Å²) in [5, 5.41) is 10.7. The van der Waals surface area contributed by atoms with Crippen LogP contribution in [0.2, 0.25) is 0 Å². The molecule has 19 heteroatoms. The monoisotopic (exact) mass is 1590 g/mol. The highest BCUT2D eigenvalue weighted by Crippen LogP contribution is 2.45. The van der Waals surface area contributed by atoms with Crippen LogP contribution in [0.5, 0.6) is 0 Å². The number of carbonyl (C=O) groups is 4. The maximum Gasteiger partial charge on any atom is 0.472 e. The van der Waals surface area contributed by atoms with E-state index in [1.807, 2.05) is 0 Å². The van der Waals surface area contributed by atoms with E-state index in [1.165, 1.54) is 276 Å². The van der Waals surface area contributed by atoms with Crippen molar-refractivity contribution in [3.05, 3.63) is 0 Å². The van der Waals surface area contributed by atoms with Gasteiger partial charge in [0.05, 0.1) is 26.4 Å². The molecule has 0 aliphatic carbocycles. The van der Waals surface area contributed by atoms with Crippen LogP contribution in [0, 0.1) is 23.7 Å². The van der Waals surface area contributed by atoms with E-state index in [0.717, 1.165) is 114 Å². The van der Waals surface area contributed by atoms with Gasteiger partial charge in [-0.3, -0.25) is 37.3 Å². The molecule has 3 N–H and O–H groups in total. The lowest BCUT2D eigenvalue weighted by atomic mass is 9.99. The summed E-state index contributed by atoms with van der Waals surface area (Å²) in [7, 11) is -9.93. The molecule has 0 radical (unpaired) electrons. The summed E-state index contributed by atoms with van der Waals surface area (Å²) in [5.74, 6) is 1.14. The summed E-state index contributed by atoms with van der Waals surface area (Å²) < 4.78 is 69.0. The molecule has 0 bridgehead atoms. The van der Waals surface area contributed by atoms with Gasteiger partial charge in [-0.2, -0.15) is 0 Å². The maximum atomic E-state index is 13.2. The van der Waals surface area contributed by atoms with Crippen LogP contribution in [0.15, 0.2) is 0 Å². The number of esters is 4. The first-order valence-electron chi connectivity index (χ1n) is 46.3. The summed E-state index contributed by atoms with van der Waals surface area (Å²) in [6.07, 6.45) is 69.5. The zero-order valence-electron chi connectivity index (χ0n) is 72.2. The van der Waals surface area contributed by atoms with Crippen LogP contribution in [0.3, 0.4) is 0 Å². The van der Waals surface area contributed by atoms with E-state index in [1.54, 1.807) is 0 Å². The first-order chi connectivity index (χ1) is 52.7. The molecule has 0 saturated carbocycles. The van der Waals surface area contributed by atoms with Crippen LogP contribution in [0.25, 0.3) is 0 Å². The zero-order chi connectivity index (χ0) is 80.2. The van der Waals surface area contributed by atoms with Crippen molar-refractivity contribution < 1.29 is 80.2 Å². The molecule has 0 fully saturated rings. The highest BCUT2D eigenvalue weighted by atomic mass is 31.2. The van der Waals surface area contributed by atoms with Gasteiger partial charge in [0.1, 0.15) is 19.3 Å². The van der Waals surface area contributed by atoms with Crippen LogP contribution in [0.1, 0.15) is 473 Å². The molecule has 109 heavy (non-hydrogen) atoms. The molecule has 0 amide bonds. The molecule has 7 atom stereocenters. The van der Waals surface area contributed by atoms with Crippen molar-refractivity contribution in [3.63, 3.8) is 0 Å². The number of unbranched alkanes of at least 4 members (excludes halogenated alkanes) is 51. The Balaban J connectivity index is 5.22. The third kappa shape index (κ3) is 81.0. The van der Waals surface area contributed by atoms with Gasteiger partial charge in [-0.25, -0.2) is 9.13 Å². The minimum atomic E-state index is -4.97. The van der Waals surface area contributed by atoms with E-state index in [2.05, 4.69) is 55.4 Å². The van der Waals surface area contributed by atoms with Gasteiger partial charge in [0.25, 0.3) is 0 Å². The predicted octanol–water partition coefficient (Wildman–Crippen LogP) is 27.5. The number of ether oxygens (including phenoxy) is 4. The molecule has 4 unspecified atom stereocenters. The largest absolute Gasteiger partial charge is 0.472 e. The topological polar surface area (TPSA) is 237 Å². The Hall–Kier alpha value is -1.94. The molecule has 0 aliphatic rings. The Morgan fingerprint density at radius 2 is 0.440 bits per heavy atom. The predicted molar refractivity (Wildman–Crippen MR) is 451 cm³/mol. The van der Waals surface area contributed by atoms with E-state index in [-0.39, 0.29) is 25.7 Å². The lowest BCUT2D eigenvalue weighted by Crippen LogP contribution is -2.30. The Morgan fingerprint density at radius 1 is 0.257 bits per heavy atom. The summed E-state index contributed by atoms with van der Waals surface area (Å²) in [4.78, 5) is 73.3. The van der Waals surface area contributed by atoms with Crippen LogP contribution in [0.4, 0.5) is 0 Å². The van der Waals surface area contributed by atoms with Crippen molar-refractivity contribution >= 4 is 39.5 Å². The first-order valence-corrected chi connectivity index (χ1v) is 49.3. The van der Waals surface area contributed by atoms with Crippen molar-refractivity contribution in [3.8, 4) is 0 Å². The lowest BCUT2D eigenvalue weighted by Gasteiger charge is -2.21. The van der Waals surface area contributed by atoms with Gasteiger partial charge in [0, 0.05) is 25.7 Å². The Kier molecular flexibility index (Phi) is 77.2. The molecule has 0 aromatic rings. The smallest absolute Gasteiger partial charge is 0.462 e. The van der Waals surface area contributed by atoms with Gasteiger partial charge in [0.2, 0.25) is 0 Å². The van der Waals surface area contributed by atoms with Crippen LogP contribution >= 0.6 is 15.6 Å². The van der Waals surface area contributed by atoms with Crippen molar-refractivity contribution in [2.45, 2.75) is 491 Å². The van der Waals surface area contributed by atoms with Gasteiger partial charge in [-0.05, 0) is 49.4 Å². The summed E-state index contributed by atoms with van der Waals surface area (Å²) >= 11 is 0. The molecule has 0 heterocycles. The Labute approximate surface area is 670 Å². The van der Waals surface area contributed by atoms with Crippen LogP contribution in [-0.4, -0.2) is 96.7 Å². The zero-order valence-corrected chi connectivity index (χ0v) is 74.0. The quantitative estimate of drug-likeness (QED) is 0.0222. The molecule has 0 saturated heterocycles. The second-order valence-corrected chi connectivity index (χ2v) is 36.7. The highest BCUT2D eigenvalue weighted by Gasteiger charge is 2.31. The summed E-state index contributed by atoms with van der Waals surface area (Å²) in [6, 6.07) is 0. The third-order valence-electron chi connectivity index (χ3n) is 21.8. The average Bonchev–Trinajstić information content (AvgIpc) is 0.899. The number of hydrogen-bond acceptors (Lipinski definition) is 15. The fourth-order valence-electron chi connectivity index (χ4n) is 14.0. The Bertz CT molecular complexity index is 2110. The molecular weight excluding hydrogens is 1410 g/mol. The molecule has 0 aromatic heterocycles. The number of carbonyl (C=O) groups excluding carboxylic acids is 4. The SMILES string of the molecule is CCC(C)CCCCCCCCCCCCCCCCCCCCC(=O)OC[C@H](COP(=O)(O)OC[C@@H](O)COP(=O)(O)OC[C@@H](COC(=O)CCCCCCCCCCCC(C)C)OC(=O)CCCCCCCCCCCCC(C)C)OC(=O)CCCCCCCCCCCCCCCCCCCCC(C)CC. The number of hydrogen-bond donors (Lipinski definition) is 3. The van der Waals surface area contributed by atoms with E-state index in [9.17, 15) is 43.2 Å². The standard InChI is InChI=1S/C90H176O17P2/c1-9-82(7)68-60-52-44-36-27-23-19-15-11-13-17-21-25-29-38-46-54-62-70-87(92)100-76-85(106-89(94)72-64-56-48-39-30-26-22-18-14-12-16-20-24-28-37-45-53-61-69-83(8)10-2)78-104-108(96,97)102-74-84(91)75-103-109(98,99)105-79-86(77-101-88(93)71-63-55-47-41-33-35-43-51-59-67-81(5)6)107-90(95)73-65-57-49-40-32-31-34-42-50-58-66-80(3)4/h80-86,91H,9-79H2,1-8H3,(H,96,97)(H,98,99)/t82?,83?,84-,85-,86-/m1/s1. The molecule has 17 nitrogen and oxygen atoms in total. The van der Waals surface area contributed by atoms with Crippen molar-refractivity contribution in [2.24, 2.45) is 23.7 Å². The van der Waals surface area contributed by atoms with Gasteiger partial charge in [-0.1, -0.05) is 421 Å². The normalized spacial score (nSPS) is 14.4. The highest BCUT2D eigenvalue weighted by molar-refractivity contribution is 7.47. The molecule has 0 aromatic carbocycles. The second kappa shape index (κ2) is 78.6. The maximum absolute atomic E-state index is 13.2. The van der Waals surface area contributed by atoms with Crippen LogP contribution in [-0.2, 0) is 65.4 Å². The number of aliphatic hydroxyl groups is 1. The number of rotatable bonds is 87. The van der Waals surface area contributed by atoms with Crippen molar-refractivity contribution in [2.75, 3.05) is 39.6 Å². The fraction of sp³-hybridized carbons (Fsp3) is 0.956. The second-order valence-electron chi connectivity index (χ2n) is 33.8. The van der Waals surface area contributed by atoms with E-state index < -0.39 is 97.5 Å². The number of phosphoric acid groups is 2. The van der Waals surface area contributed by atoms with E-state index in [4.69, 9.17) is 37.0 Å². The molecule has 648 valence electrons. The van der Waals surface area contributed by atoms with Gasteiger partial charge in [0.15, 0.2) is 12.2 Å². The van der Waals surface area contributed by atoms with E-state index >= 15 is 0 Å². The molecule has 0 aliphatic heterocycles. The lowest BCUT2D eigenvalue weighted by molar-refractivity contribution is -0.161. The number of phosphoric ester groups is 2. The summed E-state index contributed by atoms with van der Waals surface area (Å²) in [5.41, 5.74) is 0. The minimum Gasteiger partial charge on any atom is -0.462 e. The van der Waals surface area contributed by atoms with Gasteiger partial charge in [-0.15, -0.1) is 0 Å². The van der Waals surface area contributed by atoms with Crippen molar-refractivity contribution in [1.82, 2.24) is 0 Å². The fourth-order valence-corrected chi connectivity index (χ4v) is 15.5. The average molecular weight is 1590 g/mol. The third-order valence-corrected chi connectivity index (χ3v) is 23.7.